The van der Waals surface area contributed by atoms with E-state index in [1.807, 2.05) is 0 Å². The van der Waals surface area contributed by atoms with Gasteiger partial charge in [-0.15, -0.1) is 11.3 Å². The minimum absolute atomic E-state index is 0.230. The van der Waals surface area contributed by atoms with Crippen molar-refractivity contribution in [3.05, 3.63) is 16.3 Å². The molecule has 0 saturated heterocycles. The second kappa shape index (κ2) is 5.18. The molecule has 0 radical (unpaired) electrons. The molecule has 0 fully saturated rings. The number of carbonyl (C=O) groups is 2. The first-order valence-electron chi connectivity index (χ1n) is 5.06. The zero-order valence-corrected chi connectivity index (χ0v) is 10.8. The highest BCUT2D eigenvalue weighted by Gasteiger charge is 2.21. The van der Waals surface area contributed by atoms with Crippen LogP contribution < -0.4 is 5.32 Å². The van der Waals surface area contributed by atoms with Crippen molar-refractivity contribution in [3.63, 3.8) is 0 Å². The van der Waals surface area contributed by atoms with E-state index in [-0.39, 0.29) is 6.54 Å². The lowest BCUT2D eigenvalue weighted by Gasteiger charge is -2.19. The van der Waals surface area contributed by atoms with Gasteiger partial charge in [-0.1, -0.05) is 0 Å². The predicted octanol–water partition coefficient (Wildman–Crippen LogP) is 2.20. The van der Waals surface area contributed by atoms with E-state index in [9.17, 15) is 9.59 Å². The van der Waals surface area contributed by atoms with Gasteiger partial charge in [0.05, 0.1) is 5.69 Å². The molecule has 17 heavy (non-hydrogen) atoms. The van der Waals surface area contributed by atoms with Crippen LogP contribution in [0.5, 0.6) is 0 Å². The second-order valence-corrected chi connectivity index (χ2v) is 5.33. The average molecular weight is 257 g/mol. The normalized spacial score (nSPS) is 11.0. The number of carboxylic acid groups (broad SMARTS) is 1. The summed E-state index contributed by atoms with van der Waals surface area (Å²) >= 11 is 1.22. The van der Waals surface area contributed by atoms with Gasteiger partial charge in [0.15, 0.2) is 0 Å². The molecule has 0 saturated carbocycles. The molecule has 0 spiro atoms. The number of nitrogens with one attached hydrogen (secondary N) is 1. The first kappa shape index (κ1) is 13.5. The molecule has 0 bridgehead atoms. The van der Waals surface area contributed by atoms with Crippen LogP contribution in [0.4, 0.5) is 5.69 Å². The van der Waals surface area contributed by atoms with Gasteiger partial charge in [-0.3, -0.25) is 4.79 Å². The van der Waals surface area contributed by atoms with Crippen LogP contribution in [0.15, 0.2) is 11.4 Å². The van der Waals surface area contributed by atoms with Crippen LogP contribution in [-0.4, -0.2) is 29.2 Å². The Morgan fingerprint density at radius 1 is 1.47 bits per heavy atom. The van der Waals surface area contributed by atoms with Gasteiger partial charge in [-0.25, -0.2) is 4.79 Å². The number of aliphatic carboxylic acids is 1. The smallest absolute Gasteiger partial charge is 0.350 e. The van der Waals surface area contributed by atoms with Crippen LogP contribution in [0.25, 0.3) is 0 Å². The lowest BCUT2D eigenvalue weighted by Crippen LogP contribution is -2.24. The molecule has 0 atom stereocenters. The van der Waals surface area contributed by atoms with Gasteiger partial charge < -0.3 is 15.2 Å². The SMILES string of the molecule is CC(C)(C)OC(=O)c1sccc1NCC(=O)O. The fraction of sp³-hybridized carbons (Fsp3) is 0.455. The number of thiophene rings is 1. The third-order valence-electron chi connectivity index (χ3n) is 1.68. The molecule has 1 rings (SSSR count). The molecule has 5 nitrogen and oxygen atoms in total. The van der Waals surface area contributed by atoms with Crippen LogP contribution in [0.1, 0.15) is 30.4 Å². The number of hydrogen-bond donors (Lipinski definition) is 2. The van der Waals surface area contributed by atoms with E-state index in [0.29, 0.717) is 10.6 Å². The lowest BCUT2D eigenvalue weighted by molar-refractivity contribution is -0.134. The molecule has 0 aliphatic rings. The quantitative estimate of drug-likeness (QED) is 0.809. The Morgan fingerprint density at radius 3 is 2.65 bits per heavy atom. The Balaban J connectivity index is 2.74. The largest absolute Gasteiger partial charge is 0.480 e. The summed E-state index contributed by atoms with van der Waals surface area (Å²) in [6.45, 7) is 5.11. The Kier molecular flexibility index (Phi) is 4.11. The van der Waals surface area contributed by atoms with Gasteiger partial charge in [-0.2, -0.15) is 0 Å². The van der Waals surface area contributed by atoms with E-state index in [0.717, 1.165) is 0 Å². The highest BCUT2D eigenvalue weighted by molar-refractivity contribution is 7.12. The summed E-state index contributed by atoms with van der Waals surface area (Å²) in [5, 5.41) is 12.9. The molecule has 1 heterocycles. The maximum absolute atomic E-state index is 11.8. The van der Waals surface area contributed by atoms with Crippen LogP contribution >= 0.6 is 11.3 Å². The monoisotopic (exact) mass is 257 g/mol. The number of anilines is 1. The van der Waals surface area contributed by atoms with E-state index in [1.54, 1.807) is 32.2 Å². The number of ether oxygens (including phenoxy) is 1. The minimum Gasteiger partial charge on any atom is -0.480 e. The van der Waals surface area contributed by atoms with E-state index in [1.165, 1.54) is 11.3 Å². The maximum atomic E-state index is 11.8. The van der Waals surface area contributed by atoms with E-state index in [4.69, 9.17) is 9.84 Å². The van der Waals surface area contributed by atoms with Gasteiger partial charge in [0.1, 0.15) is 17.0 Å². The van der Waals surface area contributed by atoms with Gasteiger partial charge in [-0.05, 0) is 32.2 Å². The molecule has 1 aromatic rings. The molecule has 0 aliphatic carbocycles. The number of carbonyl (C=O) groups excluding carboxylic acids is 1. The van der Waals surface area contributed by atoms with Crippen molar-refractivity contribution >= 4 is 29.0 Å². The highest BCUT2D eigenvalue weighted by Crippen LogP contribution is 2.24. The Bertz CT molecular complexity index is 419. The van der Waals surface area contributed by atoms with Crippen molar-refractivity contribution in [1.82, 2.24) is 0 Å². The van der Waals surface area contributed by atoms with Gasteiger partial charge in [0, 0.05) is 0 Å². The van der Waals surface area contributed by atoms with Crippen molar-refractivity contribution in [2.24, 2.45) is 0 Å². The lowest BCUT2D eigenvalue weighted by atomic mass is 10.2. The van der Waals surface area contributed by atoms with Gasteiger partial charge in [0.2, 0.25) is 0 Å². The van der Waals surface area contributed by atoms with Gasteiger partial charge in [0.25, 0.3) is 0 Å². The Morgan fingerprint density at radius 2 is 2.12 bits per heavy atom. The van der Waals surface area contributed by atoms with Gasteiger partial charge >= 0.3 is 11.9 Å². The van der Waals surface area contributed by atoms with E-state index >= 15 is 0 Å². The zero-order valence-electron chi connectivity index (χ0n) is 9.94. The van der Waals surface area contributed by atoms with Crippen molar-refractivity contribution in [2.75, 3.05) is 11.9 Å². The third kappa shape index (κ3) is 4.44. The minimum atomic E-state index is -0.980. The van der Waals surface area contributed by atoms with Crippen LogP contribution in [0.2, 0.25) is 0 Å². The summed E-state index contributed by atoms with van der Waals surface area (Å²) in [6, 6.07) is 1.66. The molecular weight excluding hydrogens is 242 g/mol. The number of hydrogen-bond acceptors (Lipinski definition) is 5. The molecule has 1 aromatic heterocycles. The summed E-state index contributed by atoms with van der Waals surface area (Å²) in [6.07, 6.45) is 0. The number of carboxylic acids is 1. The van der Waals surface area contributed by atoms with Crippen molar-refractivity contribution in [1.29, 1.82) is 0 Å². The molecule has 6 heteroatoms. The van der Waals surface area contributed by atoms with Crippen LogP contribution in [-0.2, 0) is 9.53 Å². The van der Waals surface area contributed by atoms with Crippen LogP contribution in [0.3, 0.4) is 0 Å². The summed E-state index contributed by atoms with van der Waals surface area (Å²) in [4.78, 5) is 22.6. The van der Waals surface area contributed by atoms with Crippen molar-refractivity contribution < 1.29 is 19.4 Å². The summed E-state index contributed by atoms with van der Waals surface area (Å²) < 4.78 is 5.21. The van der Waals surface area contributed by atoms with Crippen molar-refractivity contribution in [2.45, 2.75) is 26.4 Å². The Hall–Kier alpha value is -1.56. The second-order valence-electron chi connectivity index (χ2n) is 4.41. The zero-order chi connectivity index (χ0) is 13.1. The number of esters is 1. The van der Waals surface area contributed by atoms with Crippen LogP contribution in [0, 0.1) is 0 Å². The fourth-order valence-electron chi connectivity index (χ4n) is 1.10. The molecule has 0 amide bonds. The first-order valence-corrected chi connectivity index (χ1v) is 5.94. The topological polar surface area (TPSA) is 75.6 Å². The summed E-state index contributed by atoms with van der Waals surface area (Å²) in [7, 11) is 0. The number of rotatable bonds is 4. The summed E-state index contributed by atoms with van der Waals surface area (Å²) in [5.41, 5.74) is -0.0721. The average Bonchev–Trinajstić information content (AvgIpc) is 2.59. The molecular formula is C11H15NO4S. The Labute approximate surface area is 103 Å². The first-order chi connectivity index (χ1) is 7.79. The molecule has 0 aromatic carbocycles. The standard InChI is InChI=1S/C11H15NO4S/c1-11(2,3)16-10(15)9-7(4-5-17-9)12-6-8(13)14/h4-5,12H,6H2,1-3H3,(H,13,14). The maximum Gasteiger partial charge on any atom is 0.350 e. The fourth-order valence-corrected chi connectivity index (χ4v) is 1.85. The van der Waals surface area contributed by atoms with E-state index in [2.05, 4.69) is 5.32 Å². The molecule has 2 N–H and O–H groups in total. The molecule has 0 unspecified atom stereocenters. The summed E-state index contributed by atoms with van der Waals surface area (Å²) in [5.74, 6) is -1.42. The molecule has 94 valence electrons. The third-order valence-corrected chi connectivity index (χ3v) is 2.57. The van der Waals surface area contributed by atoms with Crippen molar-refractivity contribution in [3.8, 4) is 0 Å². The van der Waals surface area contributed by atoms with E-state index < -0.39 is 17.5 Å². The molecule has 0 aliphatic heterocycles. The highest BCUT2D eigenvalue weighted by atomic mass is 32.1. The predicted molar refractivity (Wildman–Crippen MR) is 65.6 cm³/mol.